The topological polar surface area (TPSA) is 218 Å². The largest absolute Gasteiger partial charge is 0.467 e. The molecule has 0 saturated heterocycles. The molecule has 3 heterocycles. The van der Waals surface area contributed by atoms with E-state index in [2.05, 4.69) is 42.4 Å². The lowest BCUT2D eigenvalue weighted by atomic mass is 10.0. The molecule has 3 atom stereocenters. The monoisotopic (exact) mass is 1350 g/mol. The Hall–Kier alpha value is -9.95. The van der Waals surface area contributed by atoms with E-state index >= 15 is 0 Å². The van der Waals surface area contributed by atoms with E-state index in [1.165, 1.54) is 43.5 Å². The molecular formula is C78H81ClF3N9O7. The van der Waals surface area contributed by atoms with Crippen LogP contribution in [0.3, 0.4) is 0 Å². The van der Waals surface area contributed by atoms with Crippen molar-refractivity contribution in [2.24, 2.45) is 14.1 Å². The van der Waals surface area contributed by atoms with Crippen LogP contribution in [0.4, 0.5) is 13.2 Å². The normalized spacial score (nSPS) is 15.6. The summed E-state index contributed by atoms with van der Waals surface area (Å²) in [7, 11) is 4.88. The smallest absolute Gasteiger partial charge is 0.328 e. The van der Waals surface area contributed by atoms with Gasteiger partial charge in [-0.3, -0.25) is 28.8 Å². The number of aryl methyl sites for hydroxylation is 2. The maximum absolute atomic E-state index is 13.7. The molecule has 0 saturated carbocycles. The van der Waals surface area contributed by atoms with Crippen LogP contribution in [0.5, 0.6) is 0 Å². The Bertz CT molecular complexity index is 4340. The average Bonchev–Trinajstić information content (AvgIpc) is 1.64. The van der Waals surface area contributed by atoms with Crippen LogP contribution in [0.2, 0.25) is 5.02 Å². The molecular weight excluding hydrogens is 1270 g/mol. The molecule has 20 heteroatoms. The van der Waals surface area contributed by atoms with Crippen LogP contribution in [-0.4, -0.2) is 90.0 Å². The number of nitrogens with one attached hydrogen (secondary N) is 4. The molecule has 6 N–H and O–H groups in total. The van der Waals surface area contributed by atoms with Crippen LogP contribution in [0.1, 0.15) is 181 Å². The summed E-state index contributed by atoms with van der Waals surface area (Å²) in [6.45, 7) is -0.0336. The van der Waals surface area contributed by atoms with Gasteiger partial charge in [0.2, 0.25) is 0 Å². The lowest BCUT2D eigenvalue weighted by molar-refractivity contribution is -0.142. The first kappa shape index (κ1) is 70.8. The molecule has 3 aromatic heterocycles. The van der Waals surface area contributed by atoms with Crippen LogP contribution in [-0.2, 0) is 49.3 Å². The van der Waals surface area contributed by atoms with Gasteiger partial charge in [0.1, 0.15) is 29.2 Å². The van der Waals surface area contributed by atoms with Gasteiger partial charge in [-0.25, -0.2) is 18.0 Å². The number of rotatable bonds is 18. The standard InChI is InChI=1S/C27H27F2N3O3.C26H28FN3O2.C25H26ClN3O2/c1-32-25-19(14-18-6-5-8-21(29)15-18)7-3-4-9-22(25)24(31-32)26(33)30-23(27(34)35-2)16-17-10-12-20(28)13-11-17;1-30-25-20(16-18-8-7-12-21(27)17-18)11-5-6-13-22(25)24(29-30)26(32)28-23(14-15-31)19-9-3-2-4-10-19;26-20-11-6-7-17(16-20)15-19-10-4-5-12-21-23(19)28-29-24(21)25(31)27-22(13-14-30)18-8-2-1-3-9-18/h5-6,8,10-15,23H,3-4,7,9,16H2,1-2H3,(H,30,33);2-4,7-10,12,16-17,23,31H,5-6,11,13-15H2,1H3,(H,28,32);1-3,6-9,11,15-16,22,30H,4-5,10,12-14H2,(H,27,31)(H,28,29)/b19-14+;20-16+;19-15+/t2*23-;22-/m111/s1. The summed E-state index contributed by atoms with van der Waals surface area (Å²) in [4.78, 5) is 52.1. The fraction of sp³-hybridized carbons (Fsp3) is 0.295. The van der Waals surface area contributed by atoms with Gasteiger partial charge in [0.25, 0.3) is 17.7 Å². The summed E-state index contributed by atoms with van der Waals surface area (Å²) >= 11 is 6.14. The highest BCUT2D eigenvalue weighted by Gasteiger charge is 2.31. The van der Waals surface area contributed by atoms with Gasteiger partial charge in [0.05, 0.1) is 36.3 Å². The number of allylic oxidation sites excluding steroid dienone is 3. The predicted molar refractivity (Wildman–Crippen MR) is 376 cm³/mol. The maximum atomic E-state index is 13.7. The number of halogens is 4. The van der Waals surface area contributed by atoms with Gasteiger partial charge in [0.15, 0.2) is 11.4 Å². The number of fused-ring (bicyclic) bond motifs is 3. The minimum atomic E-state index is -0.955. The number of aromatic nitrogens is 6. The number of aliphatic hydroxyl groups is 2. The van der Waals surface area contributed by atoms with Crippen LogP contribution in [0, 0.1) is 17.5 Å². The van der Waals surface area contributed by atoms with Crippen molar-refractivity contribution in [1.29, 1.82) is 0 Å². The molecule has 3 amide bonds. The summed E-state index contributed by atoms with van der Waals surface area (Å²) in [5.41, 5.74) is 14.8. The summed E-state index contributed by atoms with van der Waals surface area (Å²) in [5.74, 6) is -2.48. The quantitative estimate of drug-likeness (QED) is 0.0353. The first-order valence-corrected chi connectivity index (χ1v) is 33.6. The van der Waals surface area contributed by atoms with E-state index in [0.29, 0.717) is 41.2 Å². The molecule has 3 aliphatic carbocycles. The lowest BCUT2D eigenvalue weighted by Gasteiger charge is -2.18. The zero-order valence-corrected chi connectivity index (χ0v) is 55.9. The first-order valence-electron chi connectivity index (χ1n) is 33.2. The fourth-order valence-electron chi connectivity index (χ4n) is 13.0. The number of hydrogen-bond donors (Lipinski definition) is 6. The van der Waals surface area contributed by atoms with E-state index in [4.69, 9.17) is 16.3 Å². The number of ether oxygens (including phenoxy) is 1. The first-order chi connectivity index (χ1) is 47.6. The number of nitrogens with zero attached hydrogens (tertiary/aromatic N) is 5. The van der Waals surface area contributed by atoms with Gasteiger partial charge in [0, 0.05) is 55.4 Å². The van der Waals surface area contributed by atoms with E-state index in [9.17, 15) is 42.6 Å². The number of hydrogen-bond acceptors (Lipinski definition) is 10. The van der Waals surface area contributed by atoms with E-state index in [1.54, 1.807) is 40.7 Å². The number of aromatic amines is 1. The Balaban J connectivity index is 0.000000160. The highest BCUT2D eigenvalue weighted by Crippen LogP contribution is 2.37. The Morgan fingerprint density at radius 1 is 0.541 bits per heavy atom. The van der Waals surface area contributed by atoms with E-state index in [1.807, 2.05) is 116 Å². The van der Waals surface area contributed by atoms with Crippen molar-refractivity contribution in [3.8, 4) is 0 Å². The molecule has 98 heavy (non-hydrogen) atoms. The number of H-pyrrole nitrogens is 1. The number of carbonyl (C=O) groups excluding carboxylic acids is 4. The minimum Gasteiger partial charge on any atom is -0.467 e. The molecule has 6 aromatic carbocycles. The summed E-state index contributed by atoms with van der Waals surface area (Å²) in [6.07, 6.45) is 17.6. The molecule has 12 rings (SSSR count). The Morgan fingerprint density at radius 3 is 1.48 bits per heavy atom. The average molecular weight is 1350 g/mol. The van der Waals surface area contributed by atoms with Crippen molar-refractivity contribution in [1.82, 2.24) is 45.7 Å². The second-order valence-corrected chi connectivity index (χ2v) is 25.0. The SMILES string of the molecule is COC(=O)[C@@H](Cc1ccc(F)cc1)NC(=O)c1nn(C)c2c1CCCC/C2=C\c1cccc(F)c1.Cn1nc(C(=O)N[C@H](CCO)c2ccccc2)c2c1/C(=C/c1cccc(F)c1)CCCC2.O=C(N[C@H](CCO)c1ccccc1)c1[nH]nc2c1CCCC/C2=C\c1cccc(Cl)c1. The van der Waals surface area contributed by atoms with Crippen LogP contribution >= 0.6 is 11.6 Å². The van der Waals surface area contributed by atoms with Gasteiger partial charge in [-0.1, -0.05) is 121 Å². The van der Waals surface area contributed by atoms with Gasteiger partial charge < -0.3 is 30.9 Å². The highest BCUT2D eigenvalue weighted by molar-refractivity contribution is 6.30. The van der Waals surface area contributed by atoms with Crippen molar-refractivity contribution in [3.05, 3.63) is 264 Å². The molecule has 0 fully saturated rings. The van der Waals surface area contributed by atoms with Crippen molar-refractivity contribution >= 4 is 70.2 Å². The van der Waals surface area contributed by atoms with Crippen molar-refractivity contribution < 1.29 is 47.3 Å². The Labute approximate surface area is 573 Å². The molecule has 0 bridgehead atoms. The van der Waals surface area contributed by atoms with Crippen LogP contribution < -0.4 is 16.0 Å². The lowest BCUT2D eigenvalue weighted by Crippen LogP contribution is -2.43. The van der Waals surface area contributed by atoms with Crippen LogP contribution in [0.15, 0.2) is 158 Å². The number of amides is 3. The van der Waals surface area contributed by atoms with Crippen molar-refractivity contribution in [2.45, 2.75) is 114 Å². The number of benzene rings is 6. The molecule has 3 aliphatic rings. The third-order valence-electron chi connectivity index (χ3n) is 17.7. The molecule has 508 valence electrons. The summed E-state index contributed by atoms with van der Waals surface area (Å²) in [5, 5.41) is 45.1. The molecule has 0 aliphatic heterocycles. The Morgan fingerprint density at radius 2 is 0.990 bits per heavy atom. The summed E-state index contributed by atoms with van der Waals surface area (Å²) in [6, 6.07) is 44.2. The molecule has 0 radical (unpaired) electrons. The zero-order valence-electron chi connectivity index (χ0n) is 55.2. The van der Waals surface area contributed by atoms with E-state index in [-0.39, 0.29) is 66.7 Å². The minimum absolute atomic E-state index is 0.00650. The molecule has 0 unspecified atom stereocenters. The zero-order chi connectivity index (χ0) is 69.1. The Kier molecular flexibility index (Phi) is 24.8. The molecule has 0 spiro atoms. The third-order valence-corrected chi connectivity index (χ3v) is 17.9. The highest BCUT2D eigenvalue weighted by atomic mass is 35.5. The molecule has 16 nitrogen and oxygen atoms in total. The maximum Gasteiger partial charge on any atom is 0.328 e. The van der Waals surface area contributed by atoms with Crippen molar-refractivity contribution in [3.63, 3.8) is 0 Å². The molecule has 9 aromatic rings. The predicted octanol–water partition coefficient (Wildman–Crippen LogP) is 14.3. The van der Waals surface area contributed by atoms with Gasteiger partial charge >= 0.3 is 5.97 Å². The van der Waals surface area contributed by atoms with E-state index < -0.39 is 17.9 Å². The van der Waals surface area contributed by atoms with E-state index in [0.717, 1.165) is 149 Å². The number of esters is 1. The number of carbonyl (C=O) groups is 4. The van der Waals surface area contributed by atoms with Gasteiger partial charge in [-0.15, -0.1) is 0 Å². The van der Waals surface area contributed by atoms with Gasteiger partial charge in [-0.05, 0) is 207 Å². The van der Waals surface area contributed by atoms with Gasteiger partial charge in [-0.2, -0.15) is 15.3 Å². The summed E-state index contributed by atoms with van der Waals surface area (Å²) < 4.78 is 49.0. The van der Waals surface area contributed by atoms with Crippen molar-refractivity contribution in [2.75, 3.05) is 20.3 Å². The van der Waals surface area contributed by atoms with Crippen LogP contribution in [0.25, 0.3) is 34.9 Å². The third kappa shape index (κ3) is 18.4. The second kappa shape index (κ2) is 34.3. The second-order valence-electron chi connectivity index (χ2n) is 24.6. The fourth-order valence-corrected chi connectivity index (χ4v) is 13.2. The number of methoxy groups -OCH3 is 1. The number of aliphatic hydroxyl groups excluding tert-OH is 2.